The predicted molar refractivity (Wildman–Crippen MR) is 103 cm³/mol. The lowest BCUT2D eigenvalue weighted by molar-refractivity contribution is -0.275. The Labute approximate surface area is 188 Å². The van der Waals surface area contributed by atoms with E-state index in [0.717, 1.165) is 12.1 Å². The number of alkyl halides is 6. The van der Waals surface area contributed by atoms with Crippen molar-refractivity contribution < 1.29 is 45.4 Å². The molecule has 0 radical (unpaired) electrons. The molecule has 182 valence electrons. The molecule has 13 heteroatoms. The minimum atomic E-state index is -4.81. The van der Waals surface area contributed by atoms with Gasteiger partial charge in [-0.05, 0) is 48.4 Å². The molecule has 0 aliphatic carbocycles. The van der Waals surface area contributed by atoms with Crippen LogP contribution in [0, 0.1) is 0 Å². The molecule has 2 heterocycles. The molecule has 2 aromatic carbocycles. The Hall–Kier alpha value is -3.32. The van der Waals surface area contributed by atoms with Crippen LogP contribution in [0.1, 0.15) is 23.9 Å². The summed E-state index contributed by atoms with van der Waals surface area (Å²) < 4.78 is 86.9. The predicted octanol–water partition coefficient (Wildman–Crippen LogP) is 4.84. The average Bonchev–Trinajstić information content (AvgIpc) is 3.34. The van der Waals surface area contributed by atoms with Gasteiger partial charge in [0.1, 0.15) is 11.5 Å². The summed E-state index contributed by atoms with van der Waals surface area (Å²) in [5.74, 6) is -0.401. The third kappa shape index (κ3) is 6.17. The van der Waals surface area contributed by atoms with Crippen LogP contribution in [0.5, 0.6) is 11.5 Å². The van der Waals surface area contributed by atoms with Crippen LogP contribution in [0.15, 0.2) is 53.1 Å². The van der Waals surface area contributed by atoms with Gasteiger partial charge < -0.3 is 19.1 Å². The van der Waals surface area contributed by atoms with Crippen LogP contribution in [-0.4, -0.2) is 45.5 Å². The number of aromatic nitrogens is 2. The van der Waals surface area contributed by atoms with Crippen molar-refractivity contribution >= 4 is 0 Å². The Balaban J connectivity index is 1.45. The molecule has 0 saturated carbocycles. The van der Waals surface area contributed by atoms with Crippen LogP contribution in [0.4, 0.5) is 26.3 Å². The smallest absolute Gasteiger partial charge is 0.406 e. The maximum atomic E-state index is 12.3. The minimum absolute atomic E-state index is 0.142. The number of aliphatic hydroxyl groups excluding tert-OH is 1. The van der Waals surface area contributed by atoms with Crippen molar-refractivity contribution in [2.45, 2.75) is 37.8 Å². The number of nitrogens with zero attached hydrogens (tertiary/aromatic N) is 3. The van der Waals surface area contributed by atoms with E-state index < -0.39 is 30.6 Å². The molecule has 0 bridgehead atoms. The van der Waals surface area contributed by atoms with E-state index in [1.807, 2.05) is 4.90 Å². The molecule has 4 rings (SSSR count). The summed E-state index contributed by atoms with van der Waals surface area (Å²) in [6.45, 7) is 0.557. The maximum absolute atomic E-state index is 12.3. The van der Waals surface area contributed by atoms with E-state index in [1.165, 1.54) is 36.4 Å². The molecular weight excluding hydrogens is 472 g/mol. The van der Waals surface area contributed by atoms with Crippen molar-refractivity contribution in [3.8, 4) is 22.9 Å². The van der Waals surface area contributed by atoms with Gasteiger partial charge in [0.05, 0.1) is 12.1 Å². The van der Waals surface area contributed by atoms with Crippen LogP contribution in [0.3, 0.4) is 0 Å². The Kier molecular flexibility index (Phi) is 6.41. The van der Waals surface area contributed by atoms with E-state index in [2.05, 4.69) is 19.6 Å². The lowest BCUT2D eigenvalue weighted by atomic mass is 10.1. The SMILES string of the molecule is OC1CC(c2nc(-c3ccc(OC(F)(F)F)cc3)no2)N(Cc2ccc(OC(F)(F)F)cc2)C1. The van der Waals surface area contributed by atoms with E-state index >= 15 is 0 Å². The highest BCUT2D eigenvalue weighted by molar-refractivity contribution is 5.55. The third-order valence-electron chi connectivity index (χ3n) is 5.00. The van der Waals surface area contributed by atoms with Crippen molar-refractivity contribution in [2.24, 2.45) is 0 Å². The largest absolute Gasteiger partial charge is 0.573 e. The van der Waals surface area contributed by atoms with Gasteiger partial charge >= 0.3 is 12.7 Å². The molecule has 0 amide bonds. The number of rotatable bonds is 6. The first-order chi connectivity index (χ1) is 15.9. The summed E-state index contributed by atoms with van der Waals surface area (Å²) in [6.07, 6.45) is -9.99. The van der Waals surface area contributed by atoms with Crippen molar-refractivity contribution in [1.29, 1.82) is 0 Å². The van der Waals surface area contributed by atoms with Crippen molar-refractivity contribution in [2.75, 3.05) is 6.54 Å². The summed E-state index contributed by atoms with van der Waals surface area (Å²) in [7, 11) is 0. The van der Waals surface area contributed by atoms with E-state index in [0.29, 0.717) is 11.1 Å². The topological polar surface area (TPSA) is 80.9 Å². The highest BCUT2D eigenvalue weighted by atomic mass is 19.4. The summed E-state index contributed by atoms with van der Waals surface area (Å²) in [4.78, 5) is 6.14. The van der Waals surface area contributed by atoms with E-state index in [1.54, 1.807) is 0 Å². The van der Waals surface area contributed by atoms with E-state index in [4.69, 9.17) is 4.52 Å². The standard InChI is InChI=1S/C21H17F6N3O4/c22-20(23,24)32-15-5-1-12(2-6-15)10-30-11-14(31)9-17(30)19-28-18(29-34-19)13-3-7-16(8-4-13)33-21(25,26)27/h1-8,14,17,31H,9-11H2. The third-order valence-corrected chi connectivity index (χ3v) is 5.00. The van der Waals surface area contributed by atoms with Gasteiger partial charge in [0.2, 0.25) is 11.7 Å². The summed E-state index contributed by atoms with van der Waals surface area (Å²) in [6, 6.07) is 9.83. The Bertz CT molecular complexity index is 1100. The number of ether oxygens (including phenoxy) is 2. The normalized spacial score (nSPS) is 19.4. The number of hydrogen-bond donors (Lipinski definition) is 1. The second-order valence-electron chi connectivity index (χ2n) is 7.55. The first-order valence-corrected chi connectivity index (χ1v) is 9.92. The fourth-order valence-electron chi connectivity index (χ4n) is 3.64. The van der Waals surface area contributed by atoms with Crippen LogP contribution in [0.25, 0.3) is 11.4 Å². The monoisotopic (exact) mass is 489 g/mol. The quantitative estimate of drug-likeness (QED) is 0.497. The van der Waals surface area contributed by atoms with Gasteiger partial charge in [-0.3, -0.25) is 4.90 Å². The first-order valence-electron chi connectivity index (χ1n) is 9.92. The first kappa shape index (κ1) is 23.8. The van der Waals surface area contributed by atoms with Crippen molar-refractivity contribution in [1.82, 2.24) is 15.0 Å². The summed E-state index contributed by atoms with van der Waals surface area (Å²) >= 11 is 0. The van der Waals surface area contributed by atoms with Crippen LogP contribution in [-0.2, 0) is 6.54 Å². The molecule has 2 atom stereocenters. The highest BCUT2D eigenvalue weighted by Gasteiger charge is 2.36. The summed E-state index contributed by atoms with van der Waals surface area (Å²) in [5.41, 5.74) is 1.07. The second-order valence-corrected chi connectivity index (χ2v) is 7.55. The number of benzene rings is 2. The summed E-state index contributed by atoms with van der Waals surface area (Å²) in [5, 5.41) is 14.0. The second kappa shape index (κ2) is 9.14. The zero-order chi connectivity index (χ0) is 24.5. The van der Waals surface area contributed by atoms with Gasteiger partial charge in [0.25, 0.3) is 0 Å². The van der Waals surface area contributed by atoms with Crippen LogP contribution in [0.2, 0.25) is 0 Å². The molecule has 1 aliphatic rings. The van der Waals surface area contributed by atoms with Gasteiger partial charge in [-0.1, -0.05) is 17.3 Å². The molecule has 1 aromatic heterocycles. The van der Waals surface area contributed by atoms with Crippen molar-refractivity contribution in [3.63, 3.8) is 0 Å². The lowest BCUT2D eigenvalue weighted by Crippen LogP contribution is -2.24. The number of likely N-dealkylation sites (tertiary alicyclic amines) is 1. The number of halogens is 6. The van der Waals surface area contributed by atoms with E-state index in [9.17, 15) is 31.4 Å². The molecule has 1 fully saturated rings. The zero-order valence-electron chi connectivity index (χ0n) is 17.2. The van der Waals surface area contributed by atoms with Crippen LogP contribution < -0.4 is 9.47 Å². The van der Waals surface area contributed by atoms with Crippen LogP contribution >= 0.6 is 0 Å². The number of aliphatic hydroxyl groups is 1. The average molecular weight is 489 g/mol. The molecule has 0 spiro atoms. The molecule has 1 saturated heterocycles. The van der Waals surface area contributed by atoms with Gasteiger partial charge in [0.15, 0.2) is 0 Å². The molecule has 7 nitrogen and oxygen atoms in total. The van der Waals surface area contributed by atoms with E-state index in [-0.39, 0.29) is 37.0 Å². The lowest BCUT2D eigenvalue weighted by Gasteiger charge is -2.21. The van der Waals surface area contributed by atoms with Gasteiger partial charge in [0, 0.05) is 18.7 Å². The number of hydrogen-bond acceptors (Lipinski definition) is 7. The zero-order valence-corrected chi connectivity index (χ0v) is 17.2. The van der Waals surface area contributed by atoms with Gasteiger partial charge in [-0.25, -0.2) is 0 Å². The fourth-order valence-corrected chi connectivity index (χ4v) is 3.64. The molecule has 1 N–H and O–H groups in total. The van der Waals surface area contributed by atoms with Crippen molar-refractivity contribution in [3.05, 3.63) is 60.0 Å². The maximum Gasteiger partial charge on any atom is 0.573 e. The molecule has 3 aromatic rings. The Morgan fingerprint density at radius 3 is 2.03 bits per heavy atom. The highest BCUT2D eigenvalue weighted by Crippen LogP contribution is 2.34. The number of β-amino-alcohol motifs (C(OH)–C–C–N with tert-alkyl or cyclic N) is 1. The fraction of sp³-hybridized carbons (Fsp3) is 0.333. The Morgan fingerprint density at radius 1 is 0.912 bits per heavy atom. The molecule has 34 heavy (non-hydrogen) atoms. The molecule has 1 aliphatic heterocycles. The Morgan fingerprint density at radius 2 is 1.47 bits per heavy atom. The molecule has 2 unspecified atom stereocenters. The van der Waals surface area contributed by atoms with Gasteiger partial charge in [-0.2, -0.15) is 4.98 Å². The molecular formula is C21H17F6N3O4. The van der Waals surface area contributed by atoms with Gasteiger partial charge in [-0.15, -0.1) is 26.3 Å². The minimum Gasteiger partial charge on any atom is -0.406 e.